The lowest BCUT2D eigenvalue weighted by molar-refractivity contribution is -0.134. The predicted octanol–water partition coefficient (Wildman–Crippen LogP) is 3.16. The van der Waals surface area contributed by atoms with E-state index in [9.17, 15) is 9.59 Å². The summed E-state index contributed by atoms with van der Waals surface area (Å²) in [6, 6.07) is 0.345. The largest absolute Gasteiger partial charge is 0.343 e. The van der Waals surface area contributed by atoms with Crippen molar-refractivity contribution in [1.29, 1.82) is 0 Å². The van der Waals surface area contributed by atoms with Crippen molar-refractivity contribution in [2.24, 2.45) is 5.92 Å². The van der Waals surface area contributed by atoms with Crippen molar-refractivity contribution in [2.75, 3.05) is 19.6 Å². The van der Waals surface area contributed by atoms with E-state index < -0.39 is 0 Å². The van der Waals surface area contributed by atoms with Crippen molar-refractivity contribution in [1.82, 2.24) is 9.80 Å². The number of hydrogen-bond donors (Lipinski definition) is 0. The number of rotatable bonds is 6. The molecule has 0 bridgehead atoms. The topological polar surface area (TPSA) is 40.6 Å². The Hall–Kier alpha value is -1.06. The summed E-state index contributed by atoms with van der Waals surface area (Å²) in [6.07, 6.45) is 0.617. The molecular weight excluding hydrogens is 252 g/mol. The van der Waals surface area contributed by atoms with Crippen LogP contribution in [0.15, 0.2) is 0 Å². The smallest absolute Gasteiger partial charge is 0.225 e. The molecule has 0 N–H and O–H groups in total. The van der Waals surface area contributed by atoms with Gasteiger partial charge in [-0.2, -0.15) is 0 Å². The Morgan fingerprint density at radius 3 is 1.40 bits per heavy atom. The van der Waals surface area contributed by atoms with Gasteiger partial charge in [-0.25, -0.2) is 0 Å². The highest BCUT2D eigenvalue weighted by Crippen LogP contribution is 2.00. The quantitative estimate of drug-likeness (QED) is 0.752. The van der Waals surface area contributed by atoms with Crippen LogP contribution in [0.4, 0.5) is 0 Å². The summed E-state index contributed by atoms with van der Waals surface area (Å²) in [7, 11) is 0. The van der Waals surface area contributed by atoms with Gasteiger partial charge in [-0.05, 0) is 34.6 Å². The lowest BCUT2D eigenvalue weighted by atomic mass is 10.2. The van der Waals surface area contributed by atoms with E-state index in [-0.39, 0.29) is 17.7 Å². The van der Waals surface area contributed by atoms with Crippen molar-refractivity contribution in [2.45, 2.75) is 67.9 Å². The molecule has 0 aromatic heterocycles. The average molecular weight is 286 g/mol. The van der Waals surface area contributed by atoms with E-state index in [1.807, 2.05) is 65.2 Å². The van der Waals surface area contributed by atoms with E-state index in [0.29, 0.717) is 12.5 Å². The second kappa shape index (κ2) is 11.7. The SMILES string of the molecule is CCC(=O)N(CC)C(C)C.CCN(CC)C(=O)C(C)C. The summed E-state index contributed by atoms with van der Waals surface area (Å²) in [5.74, 6) is 0.641. The lowest BCUT2D eigenvalue weighted by Crippen LogP contribution is -2.36. The van der Waals surface area contributed by atoms with Gasteiger partial charge >= 0.3 is 0 Å². The molecule has 0 rings (SSSR count). The molecule has 0 radical (unpaired) electrons. The van der Waals surface area contributed by atoms with E-state index in [2.05, 4.69) is 0 Å². The van der Waals surface area contributed by atoms with Crippen LogP contribution in [0.25, 0.3) is 0 Å². The monoisotopic (exact) mass is 286 g/mol. The predicted molar refractivity (Wildman–Crippen MR) is 85.6 cm³/mol. The first kappa shape index (κ1) is 21.2. The number of carbonyl (C=O) groups excluding carboxylic acids is 2. The Kier molecular flexibility index (Phi) is 12.5. The number of hydrogen-bond acceptors (Lipinski definition) is 2. The van der Waals surface area contributed by atoms with Crippen molar-refractivity contribution in [3.05, 3.63) is 0 Å². The van der Waals surface area contributed by atoms with Crippen LogP contribution in [-0.4, -0.2) is 47.3 Å². The Morgan fingerprint density at radius 1 is 0.850 bits per heavy atom. The van der Waals surface area contributed by atoms with Gasteiger partial charge in [0, 0.05) is 38.0 Å². The van der Waals surface area contributed by atoms with Crippen LogP contribution < -0.4 is 0 Å². The molecule has 120 valence electrons. The molecule has 0 aromatic rings. The highest BCUT2D eigenvalue weighted by molar-refractivity contribution is 5.78. The molecular formula is C16H34N2O2. The van der Waals surface area contributed by atoms with Crippen LogP contribution in [0.2, 0.25) is 0 Å². The molecule has 0 saturated heterocycles. The summed E-state index contributed by atoms with van der Waals surface area (Å²) >= 11 is 0. The van der Waals surface area contributed by atoms with E-state index in [0.717, 1.165) is 19.6 Å². The third kappa shape index (κ3) is 8.18. The molecule has 4 heteroatoms. The standard InChI is InChI=1S/2C8H17NO/c1-5-9(6-2)8(10)7(3)4;1-5-8(10)9(6-2)7(3)4/h2*7H,5-6H2,1-4H3. The van der Waals surface area contributed by atoms with Gasteiger partial charge in [-0.3, -0.25) is 9.59 Å². The van der Waals surface area contributed by atoms with Crippen LogP contribution in [-0.2, 0) is 9.59 Å². The second-order valence-corrected chi connectivity index (χ2v) is 5.29. The Labute approximate surface area is 125 Å². The van der Waals surface area contributed by atoms with E-state index in [1.165, 1.54) is 0 Å². The van der Waals surface area contributed by atoms with Crippen molar-refractivity contribution < 1.29 is 9.59 Å². The van der Waals surface area contributed by atoms with Crippen molar-refractivity contribution in [3.63, 3.8) is 0 Å². The zero-order valence-corrected chi connectivity index (χ0v) is 14.7. The molecule has 0 aromatic carbocycles. The molecule has 0 atom stereocenters. The van der Waals surface area contributed by atoms with Crippen LogP contribution in [0, 0.1) is 5.92 Å². The fraction of sp³-hybridized carbons (Fsp3) is 0.875. The van der Waals surface area contributed by atoms with Gasteiger partial charge in [0.1, 0.15) is 0 Å². The second-order valence-electron chi connectivity index (χ2n) is 5.29. The van der Waals surface area contributed by atoms with E-state index in [1.54, 1.807) is 0 Å². The van der Waals surface area contributed by atoms with Gasteiger partial charge in [0.25, 0.3) is 0 Å². The maximum Gasteiger partial charge on any atom is 0.225 e. The first-order valence-corrected chi connectivity index (χ1v) is 7.84. The number of amides is 2. The summed E-state index contributed by atoms with van der Waals surface area (Å²) < 4.78 is 0. The fourth-order valence-corrected chi connectivity index (χ4v) is 1.93. The first-order valence-electron chi connectivity index (χ1n) is 7.84. The zero-order chi connectivity index (χ0) is 16.3. The number of carbonyl (C=O) groups is 2. The fourth-order valence-electron chi connectivity index (χ4n) is 1.93. The third-order valence-corrected chi connectivity index (χ3v) is 3.16. The average Bonchev–Trinajstić information content (AvgIpc) is 2.40. The van der Waals surface area contributed by atoms with Crippen LogP contribution in [0.1, 0.15) is 61.8 Å². The van der Waals surface area contributed by atoms with E-state index >= 15 is 0 Å². The molecule has 20 heavy (non-hydrogen) atoms. The molecule has 0 aliphatic carbocycles. The summed E-state index contributed by atoms with van der Waals surface area (Å²) in [4.78, 5) is 26.1. The summed E-state index contributed by atoms with van der Waals surface area (Å²) in [5.41, 5.74) is 0. The normalized spacial score (nSPS) is 10.1. The van der Waals surface area contributed by atoms with Crippen molar-refractivity contribution in [3.8, 4) is 0 Å². The summed E-state index contributed by atoms with van der Waals surface area (Å²) in [6.45, 7) is 18.3. The third-order valence-electron chi connectivity index (χ3n) is 3.16. The van der Waals surface area contributed by atoms with Gasteiger partial charge in [0.05, 0.1) is 0 Å². The highest BCUT2D eigenvalue weighted by Gasteiger charge is 2.12. The molecule has 4 nitrogen and oxygen atoms in total. The lowest BCUT2D eigenvalue weighted by Gasteiger charge is -2.24. The molecule has 0 heterocycles. The molecule has 0 fully saturated rings. The molecule has 0 saturated carbocycles. The first-order chi connectivity index (χ1) is 9.26. The van der Waals surface area contributed by atoms with Gasteiger partial charge in [-0.1, -0.05) is 20.8 Å². The minimum Gasteiger partial charge on any atom is -0.343 e. The maximum absolute atomic E-state index is 11.2. The molecule has 0 spiro atoms. The van der Waals surface area contributed by atoms with Gasteiger partial charge < -0.3 is 9.80 Å². The molecule has 0 aliphatic rings. The Balaban J connectivity index is 0. The zero-order valence-electron chi connectivity index (χ0n) is 14.7. The Bertz CT molecular complexity index is 272. The van der Waals surface area contributed by atoms with Crippen molar-refractivity contribution >= 4 is 11.8 Å². The molecule has 0 aliphatic heterocycles. The maximum atomic E-state index is 11.2. The van der Waals surface area contributed by atoms with Gasteiger partial charge in [0.2, 0.25) is 11.8 Å². The van der Waals surface area contributed by atoms with Gasteiger partial charge in [-0.15, -0.1) is 0 Å². The minimum absolute atomic E-state index is 0.139. The molecule has 2 amide bonds. The Morgan fingerprint density at radius 2 is 1.30 bits per heavy atom. The van der Waals surface area contributed by atoms with Crippen LogP contribution in [0.3, 0.4) is 0 Å². The highest BCUT2D eigenvalue weighted by atomic mass is 16.2. The summed E-state index contributed by atoms with van der Waals surface area (Å²) in [5, 5.41) is 0. The number of nitrogens with zero attached hydrogens (tertiary/aromatic N) is 2. The van der Waals surface area contributed by atoms with Crippen LogP contribution in [0.5, 0.6) is 0 Å². The van der Waals surface area contributed by atoms with Crippen LogP contribution >= 0.6 is 0 Å². The van der Waals surface area contributed by atoms with Gasteiger partial charge in [0.15, 0.2) is 0 Å². The minimum atomic E-state index is 0.139. The van der Waals surface area contributed by atoms with E-state index in [4.69, 9.17) is 0 Å². The molecule has 0 unspecified atom stereocenters.